The van der Waals surface area contributed by atoms with Gasteiger partial charge in [0, 0.05) is 11.9 Å². The van der Waals surface area contributed by atoms with E-state index >= 15 is 0 Å². The van der Waals surface area contributed by atoms with Crippen LogP contribution in [0, 0.1) is 0 Å². The Kier molecular flexibility index (Phi) is 4.85. The zero-order chi connectivity index (χ0) is 20.4. The van der Waals surface area contributed by atoms with Crippen LogP contribution in [-0.2, 0) is 9.84 Å². The van der Waals surface area contributed by atoms with Crippen LogP contribution < -0.4 is 4.74 Å². The van der Waals surface area contributed by atoms with Crippen molar-refractivity contribution in [1.82, 2.24) is 29.3 Å². The second-order valence-corrected chi connectivity index (χ2v) is 8.37. The maximum absolute atomic E-state index is 12.6. The third kappa shape index (κ3) is 3.61. The van der Waals surface area contributed by atoms with E-state index in [-0.39, 0.29) is 16.3 Å². The van der Waals surface area contributed by atoms with E-state index in [1.807, 2.05) is 24.3 Å². The van der Waals surface area contributed by atoms with E-state index in [1.54, 1.807) is 37.2 Å². The summed E-state index contributed by atoms with van der Waals surface area (Å²) < 4.78 is 33.7. The molecule has 10 heteroatoms. The molecule has 4 rings (SSSR count). The lowest BCUT2D eigenvalue weighted by atomic mass is 10.2. The molecule has 9 nitrogen and oxygen atoms in total. The SMILES string of the molecule is CCS(=O)(=O)c1ccc(-n2cncn2)nc1-c1cn(-c2ccc(OC)cc2)cn1. The van der Waals surface area contributed by atoms with Crippen LogP contribution in [0.5, 0.6) is 5.75 Å². The van der Waals surface area contributed by atoms with Crippen molar-refractivity contribution in [1.29, 1.82) is 0 Å². The van der Waals surface area contributed by atoms with E-state index < -0.39 is 9.84 Å². The van der Waals surface area contributed by atoms with Gasteiger partial charge in [0.25, 0.3) is 0 Å². The van der Waals surface area contributed by atoms with Gasteiger partial charge in [-0.25, -0.2) is 28.1 Å². The molecule has 0 unspecified atom stereocenters. The van der Waals surface area contributed by atoms with Gasteiger partial charge in [-0.05, 0) is 36.4 Å². The number of ether oxygens (including phenoxy) is 1. The van der Waals surface area contributed by atoms with Gasteiger partial charge in [-0.2, -0.15) is 5.10 Å². The number of aromatic nitrogens is 6. The van der Waals surface area contributed by atoms with Crippen LogP contribution in [0.15, 0.2) is 66.5 Å². The Morgan fingerprint density at radius 2 is 1.86 bits per heavy atom. The molecule has 3 aromatic heterocycles. The highest BCUT2D eigenvalue weighted by molar-refractivity contribution is 7.91. The average Bonchev–Trinajstić information content (AvgIpc) is 3.46. The molecule has 0 aliphatic carbocycles. The molecule has 0 saturated carbocycles. The lowest BCUT2D eigenvalue weighted by Crippen LogP contribution is -2.09. The van der Waals surface area contributed by atoms with Gasteiger partial charge in [0.1, 0.15) is 29.8 Å². The second kappa shape index (κ2) is 7.47. The van der Waals surface area contributed by atoms with Crippen LogP contribution >= 0.6 is 0 Å². The molecule has 4 aromatic rings. The van der Waals surface area contributed by atoms with Gasteiger partial charge in [-0.15, -0.1) is 0 Å². The lowest BCUT2D eigenvalue weighted by molar-refractivity contribution is 0.414. The van der Waals surface area contributed by atoms with Gasteiger partial charge >= 0.3 is 0 Å². The summed E-state index contributed by atoms with van der Waals surface area (Å²) in [5.41, 5.74) is 1.57. The van der Waals surface area contributed by atoms with Crippen LogP contribution in [0.1, 0.15) is 6.92 Å². The highest BCUT2D eigenvalue weighted by atomic mass is 32.2. The normalized spacial score (nSPS) is 11.5. The highest BCUT2D eigenvalue weighted by Crippen LogP contribution is 2.27. The number of pyridine rings is 1. The number of methoxy groups -OCH3 is 1. The van der Waals surface area contributed by atoms with Crippen LogP contribution in [0.4, 0.5) is 0 Å². The average molecular weight is 410 g/mol. The molecule has 29 heavy (non-hydrogen) atoms. The van der Waals surface area contributed by atoms with Gasteiger partial charge < -0.3 is 9.30 Å². The Balaban J connectivity index is 1.82. The summed E-state index contributed by atoms with van der Waals surface area (Å²) in [7, 11) is -1.90. The summed E-state index contributed by atoms with van der Waals surface area (Å²) in [5, 5.41) is 4.06. The maximum atomic E-state index is 12.6. The highest BCUT2D eigenvalue weighted by Gasteiger charge is 2.22. The predicted octanol–water partition coefficient (Wildman–Crippen LogP) is 2.32. The molecule has 1 aromatic carbocycles. The molecule has 0 radical (unpaired) electrons. The van der Waals surface area contributed by atoms with Crippen molar-refractivity contribution in [3.8, 4) is 28.6 Å². The summed E-state index contributed by atoms with van der Waals surface area (Å²) in [6.07, 6.45) is 6.24. The molecule has 0 spiro atoms. The summed E-state index contributed by atoms with van der Waals surface area (Å²) >= 11 is 0. The predicted molar refractivity (Wildman–Crippen MR) is 106 cm³/mol. The first-order valence-corrected chi connectivity index (χ1v) is 10.4. The zero-order valence-corrected chi connectivity index (χ0v) is 16.6. The molecule has 0 atom stereocenters. The fraction of sp³-hybridized carbons (Fsp3) is 0.158. The minimum Gasteiger partial charge on any atom is -0.497 e. The van der Waals surface area contributed by atoms with Crippen molar-refractivity contribution < 1.29 is 13.2 Å². The van der Waals surface area contributed by atoms with Gasteiger partial charge in [0.05, 0.1) is 24.1 Å². The molecule has 148 valence electrons. The van der Waals surface area contributed by atoms with Crippen LogP contribution in [0.3, 0.4) is 0 Å². The van der Waals surface area contributed by atoms with E-state index in [0.717, 1.165) is 11.4 Å². The monoisotopic (exact) mass is 410 g/mol. The maximum Gasteiger partial charge on any atom is 0.180 e. The Morgan fingerprint density at radius 3 is 2.52 bits per heavy atom. The van der Waals surface area contributed by atoms with E-state index in [9.17, 15) is 8.42 Å². The van der Waals surface area contributed by atoms with E-state index in [2.05, 4.69) is 20.1 Å². The van der Waals surface area contributed by atoms with Crippen LogP contribution in [0.2, 0.25) is 0 Å². The van der Waals surface area contributed by atoms with E-state index in [4.69, 9.17) is 4.74 Å². The second-order valence-electron chi connectivity index (χ2n) is 6.12. The zero-order valence-electron chi connectivity index (χ0n) is 15.8. The number of nitrogens with zero attached hydrogens (tertiary/aromatic N) is 6. The topological polar surface area (TPSA) is 105 Å². The number of hydrogen-bond donors (Lipinski definition) is 0. The number of rotatable bonds is 6. The first-order valence-electron chi connectivity index (χ1n) is 8.79. The first-order chi connectivity index (χ1) is 14.0. The fourth-order valence-corrected chi connectivity index (χ4v) is 3.85. The van der Waals surface area contributed by atoms with Gasteiger partial charge in [-0.1, -0.05) is 6.92 Å². The van der Waals surface area contributed by atoms with Crippen molar-refractivity contribution in [3.63, 3.8) is 0 Å². The van der Waals surface area contributed by atoms with E-state index in [1.165, 1.54) is 23.4 Å². The molecule has 3 heterocycles. The standard InChI is InChI=1S/C19H18N6O3S/c1-3-29(26,27)17-8-9-18(25-12-20-11-22-25)23-19(17)16-10-24(13-21-16)14-4-6-15(28-2)7-5-14/h4-13H,3H2,1-2H3. The van der Waals surface area contributed by atoms with Crippen LogP contribution in [0.25, 0.3) is 22.9 Å². The smallest absolute Gasteiger partial charge is 0.180 e. The number of imidazole rings is 1. The van der Waals surface area contributed by atoms with Crippen molar-refractivity contribution >= 4 is 9.84 Å². The Hall–Kier alpha value is -3.53. The van der Waals surface area contributed by atoms with E-state index in [0.29, 0.717) is 11.5 Å². The fourth-order valence-electron chi connectivity index (χ4n) is 2.82. The third-order valence-corrected chi connectivity index (χ3v) is 6.17. The molecular weight excluding hydrogens is 392 g/mol. The molecule has 0 aliphatic heterocycles. The Morgan fingerprint density at radius 1 is 1.07 bits per heavy atom. The van der Waals surface area contributed by atoms with Crippen molar-refractivity contribution in [2.45, 2.75) is 11.8 Å². The van der Waals surface area contributed by atoms with Crippen molar-refractivity contribution in [3.05, 3.63) is 61.6 Å². The number of benzene rings is 1. The minimum atomic E-state index is -3.50. The lowest BCUT2D eigenvalue weighted by Gasteiger charge is -2.09. The summed E-state index contributed by atoms with van der Waals surface area (Å²) in [4.78, 5) is 13.0. The van der Waals surface area contributed by atoms with Gasteiger partial charge in [0.2, 0.25) is 0 Å². The number of sulfone groups is 1. The van der Waals surface area contributed by atoms with Crippen LogP contribution in [-0.4, -0.2) is 50.6 Å². The summed E-state index contributed by atoms with van der Waals surface area (Å²) in [6, 6.07) is 10.6. The summed E-state index contributed by atoms with van der Waals surface area (Å²) in [5.74, 6) is 1.16. The first kappa shape index (κ1) is 18.8. The quantitative estimate of drug-likeness (QED) is 0.480. The molecule has 0 amide bonds. The van der Waals surface area contributed by atoms with Crippen molar-refractivity contribution in [2.24, 2.45) is 0 Å². The third-order valence-electron chi connectivity index (χ3n) is 4.41. The number of hydrogen-bond acceptors (Lipinski definition) is 7. The van der Waals surface area contributed by atoms with Gasteiger partial charge in [0.15, 0.2) is 15.7 Å². The van der Waals surface area contributed by atoms with Gasteiger partial charge in [-0.3, -0.25) is 0 Å². The largest absolute Gasteiger partial charge is 0.497 e. The molecule has 0 N–H and O–H groups in total. The molecular formula is C19H18N6O3S. The Labute approximate surface area is 167 Å². The molecule has 0 fully saturated rings. The van der Waals surface area contributed by atoms with Crippen molar-refractivity contribution in [2.75, 3.05) is 12.9 Å². The minimum absolute atomic E-state index is 0.0382. The Bertz CT molecular complexity index is 1230. The molecule has 0 saturated heterocycles. The molecule has 0 aliphatic rings. The summed E-state index contributed by atoms with van der Waals surface area (Å²) in [6.45, 7) is 1.60. The molecule has 0 bridgehead atoms.